The highest BCUT2D eigenvalue weighted by Gasteiger charge is 2.38. The smallest absolute Gasteiger partial charge is 0.428 e. The van der Waals surface area contributed by atoms with Gasteiger partial charge in [0, 0.05) is 12.6 Å². The molecule has 27 heavy (non-hydrogen) atoms. The minimum absolute atomic E-state index is 0.0670. The molecule has 2 N–H and O–H groups in total. The molecule has 1 aromatic rings. The van der Waals surface area contributed by atoms with Gasteiger partial charge >= 0.3 is 7.05 Å². The fourth-order valence-corrected chi connectivity index (χ4v) is 4.04. The largest absolute Gasteiger partial charge is 0.506 e. The molecule has 2 aliphatic rings. The van der Waals surface area contributed by atoms with Gasteiger partial charge in [-0.3, -0.25) is 4.79 Å². The Morgan fingerprint density at radius 2 is 1.96 bits per heavy atom. The van der Waals surface area contributed by atoms with Crippen LogP contribution in [0.25, 0.3) is 0 Å². The van der Waals surface area contributed by atoms with E-state index < -0.39 is 13.0 Å². The Bertz CT molecular complexity index is 610. The van der Waals surface area contributed by atoms with Gasteiger partial charge in [-0.1, -0.05) is 35.4 Å². The van der Waals surface area contributed by atoms with Crippen molar-refractivity contribution in [2.24, 2.45) is 5.09 Å². The van der Waals surface area contributed by atoms with Crippen molar-refractivity contribution in [3.63, 3.8) is 0 Å². The lowest BCUT2D eigenvalue weighted by Crippen LogP contribution is -2.49. The van der Waals surface area contributed by atoms with E-state index in [4.69, 9.17) is 4.74 Å². The minimum atomic E-state index is -1.33. The molecule has 1 saturated carbocycles. The molecule has 1 aliphatic heterocycles. The topological polar surface area (TPSA) is 91.2 Å². The second-order valence-corrected chi connectivity index (χ2v) is 7.47. The third-order valence-electron chi connectivity index (χ3n) is 5.62. The Labute approximate surface area is 160 Å². The van der Waals surface area contributed by atoms with E-state index in [-0.39, 0.29) is 18.6 Å². The molecule has 2 fully saturated rings. The van der Waals surface area contributed by atoms with E-state index in [0.717, 1.165) is 32.1 Å². The highest BCUT2D eigenvalue weighted by Crippen LogP contribution is 2.23. The van der Waals surface area contributed by atoms with Gasteiger partial charge in [-0.25, -0.2) is 0 Å². The average Bonchev–Trinajstić information content (AvgIpc) is 3.21. The highest BCUT2D eigenvalue weighted by atomic mass is 16.5. The van der Waals surface area contributed by atoms with Crippen LogP contribution < -0.4 is 5.32 Å². The predicted molar refractivity (Wildman–Crippen MR) is 104 cm³/mol. The summed E-state index contributed by atoms with van der Waals surface area (Å²) in [6.45, 7) is 1.46. The molecule has 0 radical (unpaired) electrons. The van der Waals surface area contributed by atoms with Crippen LogP contribution in [-0.2, 0) is 16.1 Å². The molecule has 3 rings (SSSR count). The maximum absolute atomic E-state index is 12.4. The lowest BCUT2D eigenvalue weighted by atomic mass is 9.73. The van der Waals surface area contributed by atoms with Crippen molar-refractivity contribution in [1.82, 2.24) is 10.2 Å². The maximum Gasteiger partial charge on any atom is 0.506 e. The quantitative estimate of drug-likeness (QED) is 0.536. The fourth-order valence-electron chi connectivity index (χ4n) is 4.04. The van der Waals surface area contributed by atoms with E-state index in [1.165, 1.54) is 5.56 Å². The lowest BCUT2D eigenvalue weighted by molar-refractivity contribution is -0.130. The van der Waals surface area contributed by atoms with Gasteiger partial charge in [-0.2, -0.15) is 4.91 Å². The monoisotopic (exact) mass is 373 g/mol. The van der Waals surface area contributed by atoms with Crippen LogP contribution in [0.1, 0.15) is 44.1 Å². The summed E-state index contributed by atoms with van der Waals surface area (Å²) < 4.78 is 6.01. The molecule has 8 heteroatoms. The Kier molecular flexibility index (Phi) is 7.37. The Balaban J connectivity index is 1.35. The van der Waals surface area contributed by atoms with Crippen LogP contribution in [0.2, 0.25) is 0 Å². The number of nitroso groups, excluding NO2 is 1. The van der Waals surface area contributed by atoms with Crippen molar-refractivity contribution in [1.29, 1.82) is 0 Å². The number of hydrogen-bond donors (Lipinski definition) is 2. The van der Waals surface area contributed by atoms with Gasteiger partial charge in [0.15, 0.2) is 0 Å². The zero-order chi connectivity index (χ0) is 19.1. The highest BCUT2D eigenvalue weighted by molar-refractivity contribution is 6.50. The van der Waals surface area contributed by atoms with Crippen LogP contribution in [-0.4, -0.2) is 54.1 Å². The molecule has 0 bridgehead atoms. The first-order valence-electron chi connectivity index (χ1n) is 9.86. The van der Waals surface area contributed by atoms with Crippen molar-refractivity contribution in [3.8, 4) is 0 Å². The summed E-state index contributed by atoms with van der Waals surface area (Å²) in [5.74, 6) is -0.540. The van der Waals surface area contributed by atoms with Crippen LogP contribution in [0, 0.1) is 4.91 Å². The van der Waals surface area contributed by atoms with E-state index >= 15 is 0 Å². The van der Waals surface area contributed by atoms with Crippen molar-refractivity contribution >= 4 is 13.0 Å². The van der Waals surface area contributed by atoms with Crippen LogP contribution in [0.5, 0.6) is 0 Å². The predicted octanol–water partition coefficient (Wildman–Crippen LogP) is 1.88. The summed E-state index contributed by atoms with van der Waals surface area (Å²) in [6.07, 6.45) is 5.63. The zero-order valence-electron chi connectivity index (χ0n) is 15.6. The van der Waals surface area contributed by atoms with Gasteiger partial charge in [-0.05, 0) is 44.1 Å². The first-order valence-corrected chi connectivity index (χ1v) is 9.86. The Morgan fingerprint density at radius 1 is 1.22 bits per heavy atom. The first-order chi connectivity index (χ1) is 13.2. The van der Waals surface area contributed by atoms with Crippen molar-refractivity contribution in [3.05, 3.63) is 40.8 Å². The van der Waals surface area contributed by atoms with Crippen LogP contribution >= 0.6 is 0 Å². The standard InChI is InChI=1S/C19H28BN3O4/c24-19(23-12-4-7-18(23)20(25)22-26)13-21-16-8-10-17(11-9-16)27-14-15-5-2-1-3-6-15/h1-3,5-6,16-18,21,25H,4,7-14H2. The molecule has 0 aromatic heterocycles. The number of carbonyl (C=O) groups excluding carboxylic acids is 1. The number of likely N-dealkylation sites (tertiary alicyclic amines) is 1. The van der Waals surface area contributed by atoms with Gasteiger partial charge in [0.1, 0.15) is 0 Å². The van der Waals surface area contributed by atoms with Gasteiger partial charge in [0.25, 0.3) is 0 Å². The molecule has 146 valence electrons. The van der Waals surface area contributed by atoms with Crippen LogP contribution in [0.3, 0.4) is 0 Å². The van der Waals surface area contributed by atoms with Crippen molar-refractivity contribution in [2.75, 3.05) is 13.1 Å². The van der Waals surface area contributed by atoms with E-state index in [1.54, 1.807) is 4.90 Å². The molecule has 1 aliphatic carbocycles. The number of nitrogens with one attached hydrogen (secondary N) is 1. The normalized spacial score (nSPS) is 25.4. The summed E-state index contributed by atoms with van der Waals surface area (Å²) in [5.41, 5.74) is 1.19. The van der Waals surface area contributed by atoms with Gasteiger partial charge in [0.05, 0.1) is 25.2 Å². The maximum atomic E-state index is 12.4. The summed E-state index contributed by atoms with van der Waals surface area (Å²) in [7, 11) is -1.33. The Hall–Kier alpha value is -1.77. The summed E-state index contributed by atoms with van der Waals surface area (Å²) in [4.78, 5) is 24.6. The first kappa shape index (κ1) is 20.0. The molecule has 1 unspecified atom stereocenters. The number of ether oxygens (including phenoxy) is 1. The number of rotatable bonds is 8. The molecule has 1 saturated heterocycles. The van der Waals surface area contributed by atoms with Crippen LogP contribution in [0.15, 0.2) is 35.4 Å². The van der Waals surface area contributed by atoms with E-state index in [2.05, 4.69) is 22.5 Å². The molecule has 1 aromatic carbocycles. The molecule has 1 heterocycles. The van der Waals surface area contributed by atoms with Crippen molar-refractivity contribution < 1.29 is 14.6 Å². The molecule has 7 nitrogen and oxygen atoms in total. The van der Waals surface area contributed by atoms with E-state index in [9.17, 15) is 14.7 Å². The van der Waals surface area contributed by atoms with E-state index in [1.807, 2.05) is 18.2 Å². The molecule has 1 atom stereocenters. The summed E-state index contributed by atoms with van der Waals surface area (Å²) >= 11 is 0. The average molecular weight is 373 g/mol. The van der Waals surface area contributed by atoms with Crippen LogP contribution in [0.4, 0.5) is 0 Å². The second kappa shape index (κ2) is 9.96. The Morgan fingerprint density at radius 3 is 2.67 bits per heavy atom. The minimum Gasteiger partial charge on any atom is -0.428 e. The summed E-state index contributed by atoms with van der Waals surface area (Å²) in [5, 5.41) is 15.7. The number of benzene rings is 1. The molecular formula is C19H28BN3O4. The second-order valence-electron chi connectivity index (χ2n) is 7.47. The lowest BCUT2D eigenvalue weighted by Gasteiger charge is -2.30. The SMILES string of the molecule is O=NB(O)C1CCCN1C(=O)CNC1CCC(OCc2ccccc2)CC1. The fraction of sp³-hybridized carbons (Fsp3) is 0.632. The number of carbonyl (C=O) groups is 1. The third-order valence-corrected chi connectivity index (χ3v) is 5.62. The molecule has 1 amide bonds. The molecule has 0 spiro atoms. The number of hydrogen-bond acceptors (Lipinski definition) is 6. The third kappa shape index (κ3) is 5.60. The van der Waals surface area contributed by atoms with Crippen molar-refractivity contribution in [2.45, 2.75) is 63.2 Å². The van der Waals surface area contributed by atoms with Gasteiger partial charge in [0.2, 0.25) is 5.91 Å². The number of nitrogens with zero attached hydrogens (tertiary/aromatic N) is 2. The van der Waals surface area contributed by atoms with Gasteiger partial charge in [-0.15, -0.1) is 0 Å². The molecular weight excluding hydrogens is 345 g/mol. The number of amides is 1. The van der Waals surface area contributed by atoms with E-state index in [0.29, 0.717) is 25.6 Å². The summed E-state index contributed by atoms with van der Waals surface area (Å²) in [6, 6.07) is 10.5. The van der Waals surface area contributed by atoms with Gasteiger partial charge < -0.3 is 20.0 Å². The zero-order valence-corrected chi connectivity index (χ0v) is 15.6.